The van der Waals surface area contributed by atoms with Crippen molar-refractivity contribution in [3.8, 4) is 5.75 Å². The van der Waals surface area contributed by atoms with Crippen molar-refractivity contribution >= 4 is 17.6 Å². The van der Waals surface area contributed by atoms with Crippen LogP contribution in [0.4, 0.5) is 5.69 Å². The van der Waals surface area contributed by atoms with Gasteiger partial charge in [0, 0.05) is 18.2 Å². The molecule has 1 aromatic carbocycles. The van der Waals surface area contributed by atoms with E-state index in [4.69, 9.17) is 4.74 Å². The smallest absolute Gasteiger partial charge is 0.335 e. The Morgan fingerprint density at radius 2 is 1.73 bits per heavy atom. The average Bonchev–Trinajstić information content (AvgIpc) is 2.52. The lowest BCUT2D eigenvalue weighted by Crippen LogP contribution is -2.11. The van der Waals surface area contributed by atoms with E-state index in [1.54, 1.807) is 24.3 Å². The number of hydrogen-bond acceptors (Lipinski definition) is 3. The number of benzene rings is 1. The molecule has 120 valence electrons. The van der Waals surface area contributed by atoms with Gasteiger partial charge in [-0.3, -0.25) is 4.79 Å². The van der Waals surface area contributed by atoms with Crippen LogP contribution in [0.5, 0.6) is 5.75 Å². The quantitative estimate of drug-likeness (QED) is 0.300. The number of ether oxygens (including phenoxy) is 1. The van der Waals surface area contributed by atoms with E-state index >= 15 is 0 Å². The molecule has 0 aromatic heterocycles. The molecule has 1 N–H and O–H groups in total. The van der Waals surface area contributed by atoms with E-state index in [0.717, 1.165) is 18.9 Å². The zero-order valence-corrected chi connectivity index (χ0v) is 13.3. The van der Waals surface area contributed by atoms with E-state index in [9.17, 15) is 9.59 Å². The van der Waals surface area contributed by atoms with Gasteiger partial charge in [0.1, 0.15) is 5.75 Å². The molecule has 22 heavy (non-hydrogen) atoms. The zero-order valence-electron chi connectivity index (χ0n) is 13.3. The summed E-state index contributed by atoms with van der Waals surface area (Å²) in [7, 11) is 0. The number of amides is 1. The highest BCUT2D eigenvalue weighted by atomic mass is 16.5. The predicted octanol–water partition coefficient (Wildman–Crippen LogP) is 4.47. The normalized spacial score (nSPS) is 10.0. The zero-order chi connectivity index (χ0) is 16.2. The second-order valence-electron chi connectivity index (χ2n) is 5.22. The summed E-state index contributed by atoms with van der Waals surface area (Å²) >= 11 is 0. The van der Waals surface area contributed by atoms with Gasteiger partial charge in [-0.25, -0.2) is 4.79 Å². The second-order valence-corrected chi connectivity index (χ2v) is 5.22. The van der Waals surface area contributed by atoms with Crippen molar-refractivity contribution in [3.63, 3.8) is 0 Å². The van der Waals surface area contributed by atoms with Crippen LogP contribution in [-0.4, -0.2) is 11.9 Å². The number of rotatable bonds is 10. The van der Waals surface area contributed by atoms with E-state index in [2.05, 4.69) is 18.8 Å². The Bertz CT molecular complexity index is 480. The molecule has 0 spiro atoms. The third-order valence-electron chi connectivity index (χ3n) is 3.28. The Kier molecular flexibility index (Phi) is 8.65. The van der Waals surface area contributed by atoms with Crippen LogP contribution in [0.1, 0.15) is 51.9 Å². The van der Waals surface area contributed by atoms with Crippen LogP contribution >= 0.6 is 0 Å². The molecule has 0 saturated carbocycles. The maximum atomic E-state index is 11.8. The molecule has 0 fully saturated rings. The number of carbonyl (C=O) groups excluding carboxylic acids is 2. The van der Waals surface area contributed by atoms with Crippen LogP contribution in [0.3, 0.4) is 0 Å². The minimum atomic E-state index is -0.500. The van der Waals surface area contributed by atoms with Crippen LogP contribution < -0.4 is 10.1 Å². The van der Waals surface area contributed by atoms with E-state index in [0.29, 0.717) is 17.9 Å². The van der Waals surface area contributed by atoms with Gasteiger partial charge < -0.3 is 10.1 Å². The molecule has 0 unspecified atom stereocenters. The van der Waals surface area contributed by atoms with Crippen molar-refractivity contribution < 1.29 is 14.3 Å². The summed E-state index contributed by atoms with van der Waals surface area (Å²) in [5.74, 6) is -0.0509. The molecule has 0 atom stereocenters. The number of unbranched alkanes of at least 4 members (excludes halogenated alkanes) is 5. The number of anilines is 1. The molecule has 0 radical (unpaired) electrons. The molecule has 1 rings (SSSR count). The summed E-state index contributed by atoms with van der Waals surface area (Å²) < 4.78 is 4.97. The van der Waals surface area contributed by atoms with Crippen LogP contribution in [0.15, 0.2) is 36.9 Å². The molecule has 0 bridgehead atoms. The van der Waals surface area contributed by atoms with Gasteiger partial charge in [0.15, 0.2) is 0 Å². The molecular weight excluding hydrogens is 278 g/mol. The third-order valence-corrected chi connectivity index (χ3v) is 3.28. The van der Waals surface area contributed by atoms with Crippen LogP contribution in [0.25, 0.3) is 0 Å². The first kappa shape index (κ1) is 18.0. The minimum absolute atomic E-state index is 0.0197. The molecule has 0 aliphatic rings. The summed E-state index contributed by atoms with van der Waals surface area (Å²) in [4.78, 5) is 22.8. The lowest BCUT2D eigenvalue weighted by atomic mass is 10.1. The van der Waals surface area contributed by atoms with Gasteiger partial charge in [-0.15, -0.1) is 0 Å². The highest BCUT2D eigenvalue weighted by Crippen LogP contribution is 2.16. The molecule has 1 amide bonds. The fraction of sp³-hybridized carbons (Fsp3) is 0.444. The fourth-order valence-corrected chi connectivity index (χ4v) is 2.05. The maximum absolute atomic E-state index is 11.8. The highest BCUT2D eigenvalue weighted by molar-refractivity contribution is 5.90. The van der Waals surface area contributed by atoms with Gasteiger partial charge >= 0.3 is 5.97 Å². The molecule has 0 aliphatic heterocycles. The molecule has 0 heterocycles. The lowest BCUT2D eigenvalue weighted by molar-refractivity contribution is -0.129. The molecule has 4 heteroatoms. The van der Waals surface area contributed by atoms with Crippen molar-refractivity contribution in [3.05, 3.63) is 36.9 Å². The first-order valence-electron chi connectivity index (χ1n) is 7.90. The monoisotopic (exact) mass is 303 g/mol. The first-order chi connectivity index (χ1) is 10.7. The Labute approximate surface area is 132 Å². The van der Waals surface area contributed by atoms with Crippen molar-refractivity contribution in [1.29, 1.82) is 0 Å². The van der Waals surface area contributed by atoms with Gasteiger partial charge in [-0.1, -0.05) is 45.6 Å². The Hall–Kier alpha value is -2.10. The summed E-state index contributed by atoms with van der Waals surface area (Å²) in [6.45, 7) is 5.53. The predicted molar refractivity (Wildman–Crippen MR) is 88.9 cm³/mol. The fourth-order valence-electron chi connectivity index (χ4n) is 2.05. The van der Waals surface area contributed by atoms with Gasteiger partial charge in [0.05, 0.1) is 0 Å². The topological polar surface area (TPSA) is 55.4 Å². The van der Waals surface area contributed by atoms with Gasteiger partial charge in [0.25, 0.3) is 0 Å². The first-order valence-corrected chi connectivity index (χ1v) is 7.90. The standard InChI is InChI=1S/C18H25NO3/c1-3-5-6-7-8-9-10-17(20)19-15-11-13-16(14-12-15)22-18(21)4-2/h4,11-14H,2-3,5-10H2,1H3,(H,19,20). The maximum Gasteiger partial charge on any atom is 0.335 e. The van der Waals surface area contributed by atoms with Gasteiger partial charge in [-0.05, 0) is 30.7 Å². The molecule has 4 nitrogen and oxygen atoms in total. The third kappa shape index (κ3) is 7.62. The highest BCUT2D eigenvalue weighted by Gasteiger charge is 2.04. The van der Waals surface area contributed by atoms with Crippen LogP contribution in [-0.2, 0) is 9.59 Å². The number of esters is 1. The van der Waals surface area contributed by atoms with Gasteiger partial charge in [0.2, 0.25) is 5.91 Å². The van der Waals surface area contributed by atoms with Crippen LogP contribution in [0, 0.1) is 0 Å². The largest absolute Gasteiger partial charge is 0.423 e. The molecule has 0 aliphatic carbocycles. The Morgan fingerprint density at radius 1 is 1.09 bits per heavy atom. The average molecular weight is 303 g/mol. The molecule has 0 saturated heterocycles. The SMILES string of the molecule is C=CC(=O)Oc1ccc(NC(=O)CCCCCCCC)cc1. The number of carbonyl (C=O) groups is 2. The van der Waals surface area contributed by atoms with E-state index in [-0.39, 0.29) is 5.91 Å². The lowest BCUT2D eigenvalue weighted by Gasteiger charge is -2.06. The van der Waals surface area contributed by atoms with Crippen molar-refractivity contribution in [2.75, 3.05) is 5.32 Å². The van der Waals surface area contributed by atoms with Crippen LogP contribution in [0.2, 0.25) is 0 Å². The second kappa shape index (κ2) is 10.6. The number of nitrogens with one attached hydrogen (secondary N) is 1. The summed E-state index contributed by atoms with van der Waals surface area (Å²) in [6, 6.07) is 6.71. The minimum Gasteiger partial charge on any atom is -0.423 e. The van der Waals surface area contributed by atoms with E-state index in [1.807, 2.05) is 0 Å². The van der Waals surface area contributed by atoms with E-state index < -0.39 is 5.97 Å². The molecular formula is C18H25NO3. The summed E-state index contributed by atoms with van der Waals surface area (Å²) in [5.41, 5.74) is 0.703. The van der Waals surface area contributed by atoms with E-state index in [1.165, 1.54) is 25.7 Å². The van der Waals surface area contributed by atoms with Crippen molar-refractivity contribution in [2.24, 2.45) is 0 Å². The summed E-state index contributed by atoms with van der Waals surface area (Å²) in [6.07, 6.45) is 8.63. The Morgan fingerprint density at radius 3 is 2.36 bits per heavy atom. The number of hydrogen-bond donors (Lipinski definition) is 1. The van der Waals surface area contributed by atoms with Crippen molar-refractivity contribution in [2.45, 2.75) is 51.9 Å². The van der Waals surface area contributed by atoms with Gasteiger partial charge in [-0.2, -0.15) is 0 Å². The van der Waals surface area contributed by atoms with Crippen molar-refractivity contribution in [1.82, 2.24) is 0 Å². The molecule has 1 aromatic rings. The summed E-state index contributed by atoms with van der Waals surface area (Å²) in [5, 5.41) is 2.84. The Balaban J connectivity index is 2.26.